The van der Waals surface area contributed by atoms with Crippen LogP contribution in [0.25, 0.3) is 0 Å². The molecule has 0 spiro atoms. The fourth-order valence-electron chi connectivity index (χ4n) is 2.78. The molecule has 8 heteroatoms. The van der Waals surface area contributed by atoms with E-state index in [1.165, 1.54) is 6.07 Å². The highest BCUT2D eigenvalue weighted by atomic mass is 16.6. The van der Waals surface area contributed by atoms with Gasteiger partial charge in [0.2, 0.25) is 0 Å². The summed E-state index contributed by atoms with van der Waals surface area (Å²) in [6.45, 7) is 3.47. The number of anilines is 1. The first-order valence-electron chi connectivity index (χ1n) is 7.92. The summed E-state index contributed by atoms with van der Waals surface area (Å²) in [4.78, 5) is 35.6. The monoisotopic (exact) mass is 335 g/mol. The van der Waals surface area contributed by atoms with Gasteiger partial charge in [-0.1, -0.05) is 6.92 Å². The number of carboxylic acids is 1. The lowest BCUT2D eigenvalue weighted by Crippen LogP contribution is -2.29. The van der Waals surface area contributed by atoms with Gasteiger partial charge in [0.05, 0.1) is 4.92 Å². The molecule has 24 heavy (non-hydrogen) atoms. The van der Waals surface area contributed by atoms with Crippen molar-refractivity contribution in [1.29, 1.82) is 0 Å². The van der Waals surface area contributed by atoms with Crippen molar-refractivity contribution in [3.05, 3.63) is 33.9 Å². The van der Waals surface area contributed by atoms with Gasteiger partial charge >= 0.3 is 5.97 Å². The summed E-state index contributed by atoms with van der Waals surface area (Å²) in [5, 5.41) is 22.6. The molecule has 130 valence electrons. The maximum absolute atomic E-state index is 12.1. The Balaban J connectivity index is 2.10. The maximum atomic E-state index is 12.1. The summed E-state index contributed by atoms with van der Waals surface area (Å²) >= 11 is 0. The number of nitro groups is 1. The van der Waals surface area contributed by atoms with E-state index in [1.54, 1.807) is 19.1 Å². The first kappa shape index (κ1) is 17.7. The van der Waals surface area contributed by atoms with Crippen LogP contribution in [0.4, 0.5) is 11.4 Å². The van der Waals surface area contributed by atoms with Crippen LogP contribution in [-0.4, -0.2) is 41.5 Å². The summed E-state index contributed by atoms with van der Waals surface area (Å²) in [5.74, 6) is -1.59. The van der Waals surface area contributed by atoms with E-state index >= 15 is 0 Å². The van der Waals surface area contributed by atoms with Crippen LogP contribution in [0.15, 0.2) is 18.2 Å². The molecule has 0 aromatic heterocycles. The van der Waals surface area contributed by atoms with E-state index in [0.29, 0.717) is 5.69 Å². The highest BCUT2D eigenvalue weighted by molar-refractivity contribution is 5.95. The van der Waals surface area contributed by atoms with E-state index in [0.717, 1.165) is 25.9 Å². The Morgan fingerprint density at radius 1 is 1.38 bits per heavy atom. The van der Waals surface area contributed by atoms with Crippen LogP contribution in [0.2, 0.25) is 0 Å². The largest absolute Gasteiger partial charge is 0.481 e. The molecule has 8 nitrogen and oxygen atoms in total. The minimum Gasteiger partial charge on any atom is -0.481 e. The Labute approximate surface area is 139 Å². The first-order valence-corrected chi connectivity index (χ1v) is 7.92. The Morgan fingerprint density at radius 2 is 2.04 bits per heavy atom. The molecule has 0 radical (unpaired) electrons. The van der Waals surface area contributed by atoms with Gasteiger partial charge in [-0.25, -0.2) is 0 Å². The lowest BCUT2D eigenvalue weighted by atomic mass is 10.1. The fourth-order valence-corrected chi connectivity index (χ4v) is 2.78. The van der Waals surface area contributed by atoms with Gasteiger partial charge in [-0.05, 0) is 30.9 Å². The van der Waals surface area contributed by atoms with Crippen molar-refractivity contribution in [3.8, 4) is 0 Å². The van der Waals surface area contributed by atoms with Crippen LogP contribution < -0.4 is 10.2 Å². The van der Waals surface area contributed by atoms with Crippen LogP contribution in [0.1, 0.15) is 36.5 Å². The number of benzene rings is 1. The predicted molar refractivity (Wildman–Crippen MR) is 88.3 cm³/mol. The summed E-state index contributed by atoms with van der Waals surface area (Å²) < 4.78 is 0. The third-order valence-electron chi connectivity index (χ3n) is 4.02. The number of hydrogen-bond acceptors (Lipinski definition) is 5. The second-order valence-corrected chi connectivity index (χ2v) is 6.07. The molecule has 0 aliphatic carbocycles. The molecule has 1 aliphatic heterocycles. The molecule has 1 atom stereocenters. The molecular formula is C16H21N3O5. The number of carboxylic acid groups (broad SMARTS) is 1. The van der Waals surface area contributed by atoms with Crippen LogP contribution >= 0.6 is 0 Å². The summed E-state index contributed by atoms with van der Waals surface area (Å²) in [6, 6.07) is 4.46. The van der Waals surface area contributed by atoms with Gasteiger partial charge in [0, 0.05) is 37.7 Å². The minimum absolute atomic E-state index is 0.0473. The highest BCUT2D eigenvalue weighted by Crippen LogP contribution is 2.31. The Hall–Kier alpha value is -2.64. The van der Waals surface area contributed by atoms with Crippen LogP contribution in [-0.2, 0) is 4.79 Å². The van der Waals surface area contributed by atoms with Crippen molar-refractivity contribution in [2.24, 2.45) is 5.92 Å². The van der Waals surface area contributed by atoms with Crippen LogP contribution in [0.5, 0.6) is 0 Å². The van der Waals surface area contributed by atoms with E-state index < -0.39 is 16.8 Å². The zero-order chi connectivity index (χ0) is 17.7. The Bertz CT molecular complexity index is 641. The zero-order valence-corrected chi connectivity index (χ0v) is 13.5. The molecular weight excluding hydrogens is 314 g/mol. The molecule has 2 rings (SSSR count). The highest BCUT2D eigenvalue weighted by Gasteiger charge is 2.24. The fraction of sp³-hybridized carbons (Fsp3) is 0.500. The molecule has 1 saturated heterocycles. The SMILES string of the molecule is CC(CNC(=O)c1ccc(N2CCCC2)c([N+](=O)[O-])c1)CC(=O)O. The molecule has 2 N–H and O–H groups in total. The average Bonchev–Trinajstić information content (AvgIpc) is 3.05. The van der Waals surface area contributed by atoms with Gasteiger partial charge in [-0.2, -0.15) is 0 Å². The van der Waals surface area contributed by atoms with Crippen molar-refractivity contribution in [2.75, 3.05) is 24.5 Å². The third kappa shape index (κ3) is 4.43. The summed E-state index contributed by atoms with van der Waals surface area (Å²) in [7, 11) is 0. The second-order valence-electron chi connectivity index (χ2n) is 6.07. The van der Waals surface area contributed by atoms with Gasteiger partial charge in [-0.15, -0.1) is 0 Å². The number of nitrogens with one attached hydrogen (secondary N) is 1. The number of hydrogen-bond donors (Lipinski definition) is 2. The molecule has 1 heterocycles. The lowest BCUT2D eigenvalue weighted by Gasteiger charge is -2.18. The molecule has 0 saturated carbocycles. The molecule has 1 fully saturated rings. The minimum atomic E-state index is -0.928. The lowest BCUT2D eigenvalue weighted by molar-refractivity contribution is -0.384. The topological polar surface area (TPSA) is 113 Å². The number of carbonyl (C=O) groups is 2. The van der Waals surface area contributed by atoms with Gasteiger partial charge in [0.25, 0.3) is 11.6 Å². The van der Waals surface area contributed by atoms with E-state index in [1.807, 2.05) is 4.90 Å². The Morgan fingerprint density at radius 3 is 2.62 bits per heavy atom. The quantitative estimate of drug-likeness (QED) is 0.582. The number of nitro benzene ring substituents is 1. The van der Waals surface area contributed by atoms with E-state index in [-0.39, 0.29) is 30.1 Å². The van der Waals surface area contributed by atoms with Gasteiger partial charge in [-0.3, -0.25) is 19.7 Å². The number of amides is 1. The van der Waals surface area contributed by atoms with E-state index in [9.17, 15) is 19.7 Å². The number of aliphatic carboxylic acids is 1. The molecule has 1 amide bonds. The zero-order valence-electron chi connectivity index (χ0n) is 13.5. The smallest absolute Gasteiger partial charge is 0.303 e. The van der Waals surface area contributed by atoms with E-state index in [4.69, 9.17) is 5.11 Å². The van der Waals surface area contributed by atoms with Gasteiger partial charge in [0.15, 0.2) is 0 Å². The third-order valence-corrected chi connectivity index (χ3v) is 4.02. The van der Waals surface area contributed by atoms with Crippen molar-refractivity contribution < 1.29 is 19.6 Å². The standard InChI is InChI=1S/C16H21N3O5/c1-11(8-15(20)21)10-17-16(22)12-4-5-13(14(9-12)19(23)24)18-6-2-3-7-18/h4-5,9,11H,2-3,6-8,10H2,1H3,(H,17,22)(H,20,21). The molecule has 1 aliphatic rings. The molecule has 1 aromatic carbocycles. The molecule has 1 unspecified atom stereocenters. The van der Waals surface area contributed by atoms with Crippen molar-refractivity contribution in [1.82, 2.24) is 5.32 Å². The average molecular weight is 335 g/mol. The normalized spacial score (nSPS) is 15.1. The van der Waals surface area contributed by atoms with Gasteiger partial charge in [0.1, 0.15) is 5.69 Å². The number of nitrogens with zero attached hydrogens (tertiary/aromatic N) is 2. The van der Waals surface area contributed by atoms with Crippen molar-refractivity contribution >= 4 is 23.3 Å². The predicted octanol–water partition coefficient (Wildman–Crippen LogP) is 2.04. The molecule has 1 aromatic rings. The molecule has 0 bridgehead atoms. The first-order chi connectivity index (χ1) is 11.4. The van der Waals surface area contributed by atoms with E-state index in [2.05, 4.69) is 5.32 Å². The van der Waals surface area contributed by atoms with Crippen LogP contribution in [0, 0.1) is 16.0 Å². The van der Waals surface area contributed by atoms with Crippen molar-refractivity contribution in [3.63, 3.8) is 0 Å². The van der Waals surface area contributed by atoms with Crippen LogP contribution in [0.3, 0.4) is 0 Å². The van der Waals surface area contributed by atoms with Crippen molar-refractivity contribution in [2.45, 2.75) is 26.2 Å². The number of carbonyl (C=O) groups excluding carboxylic acids is 1. The summed E-state index contributed by atoms with van der Waals surface area (Å²) in [5.41, 5.74) is 0.656. The number of rotatable bonds is 7. The maximum Gasteiger partial charge on any atom is 0.303 e. The second kappa shape index (κ2) is 7.76. The summed E-state index contributed by atoms with van der Waals surface area (Å²) in [6.07, 6.45) is 1.95. The van der Waals surface area contributed by atoms with Gasteiger partial charge < -0.3 is 15.3 Å². The Kier molecular flexibility index (Phi) is 5.73.